The summed E-state index contributed by atoms with van der Waals surface area (Å²) in [5, 5.41) is 14.2. The molecule has 1 fully saturated rings. The Labute approximate surface area is 161 Å². The molecule has 5 nitrogen and oxygen atoms in total. The number of hydrogen-bond acceptors (Lipinski definition) is 5. The van der Waals surface area contributed by atoms with Crippen molar-refractivity contribution < 1.29 is 4.79 Å². The van der Waals surface area contributed by atoms with Crippen molar-refractivity contribution >= 4 is 58.0 Å². The molecule has 0 spiro atoms. The topological polar surface area (TPSA) is 80.9 Å². The van der Waals surface area contributed by atoms with Gasteiger partial charge in [-0.2, -0.15) is 0 Å². The Morgan fingerprint density at radius 3 is 2.60 bits per heavy atom. The van der Waals surface area contributed by atoms with Gasteiger partial charge in [-0.3, -0.25) is 10.1 Å². The highest BCUT2D eigenvalue weighted by atomic mass is 35.5. The van der Waals surface area contributed by atoms with Gasteiger partial charge in [0, 0.05) is 17.5 Å². The van der Waals surface area contributed by atoms with Crippen LogP contribution < -0.4 is 11.1 Å². The van der Waals surface area contributed by atoms with Crippen molar-refractivity contribution in [1.29, 1.82) is 0 Å². The van der Waals surface area contributed by atoms with Crippen LogP contribution in [0, 0.1) is 6.92 Å². The fourth-order valence-electron chi connectivity index (χ4n) is 2.87. The molecule has 8 heteroatoms. The van der Waals surface area contributed by atoms with E-state index in [0.717, 1.165) is 22.4 Å². The third-order valence-corrected chi connectivity index (χ3v) is 4.90. The number of amides is 1. The number of nitrogens with one attached hydrogen (secondary N) is 1. The first kappa shape index (κ1) is 19.6. The number of aryl methyl sites for hydroxylation is 1. The number of hydrogen-bond donors (Lipinski definition) is 2. The molecule has 1 saturated carbocycles. The van der Waals surface area contributed by atoms with Gasteiger partial charge in [-0.05, 0) is 41.8 Å². The van der Waals surface area contributed by atoms with E-state index in [9.17, 15) is 4.79 Å². The van der Waals surface area contributed by atoms with Gasteiger partial charge < -0.3 is 5.73 Å². The standard InChI is InChI=1S/C17H16N4OS.2ClH/c1-9-20-21-17(23-9)19-16(22)11-6-10-4-2-3-5-12(10)13(7-11)14-8-15(14)18;;/h2-7,14-15H,8,18H2,1H3,(H,19,21,22);2*1H/t14-,15+;;/m0../s1. The number of benzene rings is 2. The average molecular weight is 397 g/mol. The maximum absolute atomic E-state index is 12.5. The number of carbonyl (C=O) groups excluding carboxylic acids is 1. The molecule has 132 valence electrons. The van der Waals surface area contributed by atoms with Gasteiger partial charge in [-0.15, -0.1) is 35.0 Å². The Morgan fingerprint density at radius 2 is 1.96 bits per heavy atom. The molecule has 4 rings (SSSR count). The zero-order valence-corrected chi connectivity index (χ0v) is 15.9. The van der Waals surface area contributed by atoms with E-state index in [2.05, 4.69) is 21.6 Å². The third kappa shape index (κ3) is 3.93. The minimum Gasteiger partial charge on any atom is -0.327 e. The molecular weight excluding hydrogens is 379 g/mol. The van der Waals surface area contributed by atoms with Crippen molar-refractivity contribution in [2.75, 3.05) is 5.32 Å². The highest BCUT2D eigenvalue weighted by Crippen LogP contribution is 2.42. The Bertz CT molecular complexity index is 915. The van der Waals surface area contributed by atoms with Gasteiger partial charge in [-0.25, -0.2) is 0 Å². The lowest BCUT2D eigenvalue weighted by Gasteiger charge is -2.09. The summed E-state index contributed by atoms with van der Waals surface area (Å²) >= 11 is 1.36. The van der Waals surface area contributed by atoms with Crippen LogP contribution in [0.5, 0.6) is 0 Å². The average Bonchev–Trinajstić information content (AvgIpc) is 3.14. The van der Waals surface area contributed by atoms with Crippen molar-refractivity contribution in [2.45, 2.75) is 25.3 Å². The van der Waals surface area contributed by atoms with Crippen LogP contribution in [0.2, 0.25) is 0 Å². The Kier molecular flexibility index (Phi) is 6.00. The first-order valence-corrected chi connectivity index (χ1v) is 8.33. The number of nitrogens with zero attached hydrogens (tertiary/aromatic N) is 2. The van der Waals surface area contributed by atoms with Gasteiger partial charge in [0.05, 0.1) is 0 Å². The predicted octanol–water partition coefficient (Wildman–Crippen LogP) is 3.91. The quantitative estimate of drug-likeness (QED) is 0.702. The van der Waals surface area contributed by atoms with Crippen molar-refractivity contribution in [1.82, 2.24) is 10.2 Å². The Balaban J connectivity index is 0.00000113. The third-order valence-electron chi connectivity index (χ3n) is 4.14. The smallest absolute Gasteiger partial charge is 0.257 e. The monoisotopic (exact) mass is 396 g/mol. The summed E-state index contributed by atoms with van der Waals surface area (Å²) in [4.78, 5) is 12.5. The molecule has 2 atom stereocenters. The molecule has 25 heavy (non-hydrogen) atoms. The summed E-state index contributed by atoms with van der Waals surface area (Å²) in [5.41, 5.74) is 7.82. The number of nitrogens with two attached hydrogens (primary N) is 1. The molecule has 0 aliphatic heterocycles. The summed E-state index contributed by atoms with van der Waals surface area (Å²) in [6.45, 7) is 1.86. The van der Waals surface area contributed by atoms with Crippen molar-refractivity contribution in [2.24, 2.45) is 5.73 Å². The minimum absolute atomic E-state index is 0. The number of carbonyl (C=O) groups is 1. The lowest BCUT2D eigenvalue weighted by Crippen LogP contribution is -2.12. The number of halogens is 2. The van der Waals surface area contributed by atoms with Crippen LogP contribution in [0.4, 0.5) is 5.13 Å². The Hall–Kier alpha value is -1.73. The van der Waals surface area contributed by atoms with Gasteiger partial charge in [0.25, 0.3) is 5.91 Å². The second-order valence-corrected chi connectivity index (χ2v) is 7.05. The number of aromatic nitrogens is 2. The van der Waals surface area contributed by atoms with Crippen molar-refractivity contribution in [3.05, 3.63) is 52.5 Å². The van der Waals surface area contributed by atoms with E-state index in [1.54, 1.807) is 0 Å². The zero-order valence-electron chi connectivity index (χ0n) is 13.4. The molecule has 1 aliphatic carbocycles. The normalized spacial score (nSPS) is 18.2. The molecule has 0 unspecified atom stereocenters. The summed E-state index contributed by atoms with van der Waals surface area (Å²) < 4.78 is 0. The number of rotatable bonds is 3. The molecule has 1 aromatic heterocycles. The van der Waals surface area contributed by atoms with E-state index in [4.69, 9.17) is 5.73 Å². The molecular formula is C17H18Cl2N4OS. The summed E-state index contributed by atoms with van der Waals surface area (Å²) in [5.74, 6) is 0.179. The Morgan fingerprint density at radius 1 is 1.24 bits per heavy atom. The first-order valence-electron chi connectivity index (χ1n) is 7.51. The van der Waals surface area contributed by atoms with E-state index in [0.29, 0.717) is 16.6 Å². The predicted molar refractivity (Wildman–Crippen MR) is 106 cm³/mol. The first-order chi connectivity index (χ1) is 11.1. The van der Waals surface area contributed by atoms with Crippen LogP contribution in [-0.2, 0) is 0 Å². The zero-order chi connectivity index (χ0) is 16.0. The minimum atomic E-state index is -0.164. The van der Waals surface area contributed by atoms with Gasteiger partial charge in [0.2, 0.25) is 5.13 Å². The molecule has 1 aliphatic rings. The maximum atomic E-state index is 12.5. The fraction of sp³-hybridized carbons (Fsp3) is 0.235. The molecule has 3 N–H and O–H groups in total. The maximum Gasteiger partial charge on any atom is 0.257 e. The molecule has 0 saturated heterocycles. The van der Waals surface area contributed by atoms with E-state index >= 15 is 0 Å². The molecule has 3 aromatic rings. The SMILES string of the molecule is Cc1nnc(NC(=O)c2cc([C@@H]3C[C@H]3N)c3ccccc3c2)s1.Cl.Cl. The van der Waals surface area contributed by atoms with Crippen LogP contribution in [0.3, 0.4) is 0 Å². The van der Waals surface area contributed by atoms with E-state index < -0.39 is 0 Å². The van der Waals surface area contributed by atoms with Gasteiger partial charge in [0.15, 0.2) is 0 Å². The van der Waals surface area contributed by atoms with Crippen molar-refractivity contribution in [3.63, 3.8) is 0 Å². The van der Waals surface area contributed by atoms with Crippen LogP contribution in [0.15, 0.2) is 36.4 Å². The van der Waals surface area contributed by atoms with Gasteiger partial charge in [-0.1, -0.05) is 35.6 Å². The highest BCUT2D eigenvalue weighted by Gasteiger charge is 2.36. The second-order valence-electron chi connectivity index (χ2n) is 5.87. The molecule has 1 heterocycles. The van der Waals surface area contributed by atoms with Crippen molar-refractivity contribution in [3.8, 4) is 0 Å². The highest BCUT2D eigenvalue weighted by molar-refractivity contribution is 7.15. The van der Waals surface area contributed by atoms with E-state index in [1.165, 1.54) is 16.7 Å². The van der Waals surface area contributed by atoms with Gasteiger partial charge in [0.1, 0.15) is 5.01 Å². The molecule has 0 bridgehead atoms. The van der Waals surface area contributed by atoms with E-state index in [-0.39, 0.29) is 36.8 Å². The van der Waals surface area contributed by atoms with Crippen LogP contribution in [0.1, 0.15) is 33.3 Å². The second kappa shape index (κ2) is 7.66. The lowest BCUT2D eigenvalue weighted by molar-refractivity contribution is 0.102. The summed E-state index contributed by atoms with van der Waals surface area (Å²) in [7, 11) is 0. The lowest BCUT2D eigenvalue weighted by atomic mass is 9.97. The summed E-state index contributed by atoms with van der Waals surface area (Å²) in [6, 6.07) is 12.2. The van der Waals surface area contributed by atoms with Gasteiger partial charge >= 0.3 is 0 Å². The number of anilines is 1. The molecule has 2 aromatic carbocycles. The summed E-state index contributed by atoms with van der Waals surface area (Å²) in [6.07, 6.45) is 0.977. The molecule has 0 radical (unpaired) electrons. The van der Waals surface area contributed by atoms with Crippen LogP contribution in [0.25, 0.3) is 10.8 Å². The largest absolute Gasteiger partial charge is 0.327 e. The van der Waals surface area contributed by atoms with Crippen LogP contribution >= 0.6 is 36.2 Å². The molecule has 1 amide bonds. The number of fused-ring (bicyclic) bond motifs is 1. The van der Waals surface area contributed by atoms with Crippen LogP contribution in [-0.4, -0.2) is 22.1 Å². The van der Waals surface area contributed by atoms with E-state index in [1.807, 2.05) is 37.3 Å². The fourth-order valence-corrected chi connectivity index (χ4v) is 3.45.